The van der Waals surface area contributed by atoms with Crippen molar-refractivity contribution in [1.82, 2.24) is 4.31 Å². The molecule has 1 fully saturated rings. The summed E-state index contributed by atoms with van der Waals surface area (Å²) in [6.07, 6.45) is -1.18. The van der Waals surface area contributed by atoms with Crippen LogP contribution in [0.15, 0.2) is 47.4 Å². The Balaban J connectivity index is 1.85. The Morgan fingerprint density at radius 2 is 1.88 bits per heavy atom. The number of benzene rings is 2. The number of nitrogens with one attached hydrogen (secondary N) is 1. The van der Waals surface area contributed by atoms with Gasteiger partial charge in [0.1, 0.15) is 0 Å². The molecule has 0 saturated carbocycles. The number of morpholine rings is 1. The fourth-order valence-corrected chi connectivity index (χ4v) is 4.25. The van der Waals surface area contributed by atoms with Gasteiger partial charge in [-0.1, -0.05) is 6.07 Å². The fourth-order valence-electron chi connectivity index (χ4n) is 3.32. The van der Waals surface area contributed by atoms with Crippen LogP contribution in [0.5, 0.6) is 0 Å². The molecule has 2 aromatic rings. The van der Waals surface area contributed by atoms with Crippen LogP contribution >= 0.6 is 0 Å². The van der Waals surface area contributed by atoms with Gasteiger partial charge in [0.2, 0.25) is 10.0 Å². The third kappa shape index (κ3) is 5.72. The van der Waals surface area contributed by atoms with Crippen LogP contribution in [0.1, 0.15) is 22.8 Å². The van der Waals surface area contributed by atoms with Crippen molar-refractivity contribution in [2.45, 2.75) is 17.9 Å². The third-order valence-electron chi connectivity index (χ3n) is 5.23. The van der Waals surface area contributed by atoms with Crippen molar-refractivity contribution in [2.75, 3.05) is 50.6 Å². The summed E-state index contributed by atoms with van der Waals surface area (Å²) in [4.78, 5) is 27.5. The molecule has 0 radical (unpaired) electrons. The first-order valence-corrected chi connectivity index (χ1v) is 12.0. The zero-order valence-corrected chi connectivity index (χ0v) is 20.0. The van der Waals surface area contributed by atoms with Crippen molar-refractivity contribution >= 4 is 33.3 Å². The molecule has 1 amide bonds. The Morgan fingerprint density at radius 1 is 1.18 bits per heavy atom. The van der Waals surface area contributed by atoms with Gasteiger partial charge in [-0.15, -0.1) is 0 Å². The highest BCUT2D eigenvalue weighted by molar-refractivity contribution is 7.89. The standard InChI is InChI=1S/C23H26N4O6S/c1-16(22(28)25-18-6-4-5-17(13-18)15-24)33-23(29)20-14-19(34(30,31)26(2)3)7-8-21(20)27-9-11-32-12-10-27/h4-8,13-14,16H,9-12H2,1-3H3,(H,25,28)/t16-/m0/s1. The number of hydrogen-bond donors (Lipinski definition) is 1. The third-order valence-corrected chi connectivity index (χ3v) is 7.04. The molecule has 0 bridgehead atoms. The molecule has 34 heavy (non-hydrogen) atoms. The van der Waals surface area contributed by atoms with Gasteiger partial charge in [0.05, 0.1) is 41.0 Å². The van der Waals surface area contributed by atoms with Gasteiger partial charge in [-0.05, 0) is 43.3 Å². The Morgan fingerprint density at radius 3 is 2.53 bits per heavy atom. The summed E-state index contributed by atoms with van der Waals surface area (Å²) in [5, 5.41) is 11.6. The number of nitrogens with zero attached hydrogens (tertiary/aromatic N) is 3. The second-order valence-electron chi connectivity index (χ2n) is 7.80. The lowest BCUT2D eigenvalue weighted by molar-refractivity contribution is -0.123. The number of hydrogen-bond acceptors (Lipinski definition) is 8. The maximum Gasteiger partial charge on any atom is 0.341 e. The Bertz CT molecular complexity index is 1220. The predicted octanol–water partition coefficient (Wildman–Crippen LogP) is 1.83. The van der Waals surface area contributed by atoms with E-state index in [-0.39, 0.29) is 10.5 Å². The minimum atomic E-state index is -3.80. The SMILES string of the molecule is C[C@H](OC(=O)c1cc(S(=O)(=O)N(C)C)ccc1N1CCOCC1)C(=O)Nc1cccc(C#N)c1. The lowest BCUT2D eigenvalue weighted by atomic mass is 10.1. The van der Waals surface area contributed by atoms with Crippen LogP contribution in [0.4, 0.5) is 11.4 Å². The highest BCUT2D eigenvalue weighted by Gasteiger charge is 2.27. The van der Waals surface area contributed by atoms with Crippen LogP contribution in [0, 0.1) is 11.3 Å². The lowest BCUT2D eigenvalue weighted by Gasteiger charge is -2.30. The van der Waals surface area contributed by atoms with E-state index < -0.39 is 28.0 Å². The van der Waals surface area contributed by atoms with Crippen molar-refractivity contribution in [3.05, 3.63) is 53.6 Å². The second-order valence-corrected chi connectivity index (χ2v) is 9.95. The van der Waals surface area contributed by atoms with E-state index in [0.29, 0.717) is 43.2 Å². The van der Waals surface area contributed by atoms with Crippen molar-refractivity contribution in [3.63, 3.8) is 0 Å². The van der Waals surface area contributed by atoms with Crippen molar-refractivity contribution < 1.29 is 27.5 Å². The predicted molar refractivity (Wildman–Crippen MR) is 125 cm³/mol. The van der Waals surface area contributed by atoms with E-state index in [0.717, 1.165) is 4.31 Å². The van der Waals surface area contributed by atoms with Gasteiger partial charge in [0.25, 0.3) is 5.91 Å². The van der Waals surface area contributed by atoms with Gasteiger partial charge in [0, 0.05) is 32.9 Å². The average molecular weight is 487 g/mol. The number of nitriles is 1. The molecular weight excluding hydrogens is 460 g/mol. The maximum atomic E-state index is 13.1. The largest absolute Gasteiger partial charge is 0.449 e. The lowest BCUT2D eigenvalue weighted by Crippen LogP contribution is -2.37. The number of carbonyl (C=O) groups excluding carboxylic acids is 2. The smallest absolute Gasteiger partial charge is 0.341 e. The fraction of sp³-hybridized carbons (Fsp3) is 0.348. The van der Waals surface area contributed by atoms with Gasteiger partial charge in [0.15, 0.2) is 6.10 Å². The molecule has 11 heteroatoms. The minimum absolute atomic E-state index is 0.0379. The molecule has 0 aromatic heterocycles. The van der Waals surface area contributed by atoms with Gasteiger partial charge < -0.3 is 19.7 Å². The molecule has 0 aliphatic carbocycles. The van der Waals surface area contributed by atoms with E-state index in [4.69, 9.17) is 14.7 Å². The Labute approximate surface area is 198 Å². The van der Waals surface area contributed by atoms with Crippen molar-refractivity contribution in [2.24, 2.45) is 0 Å². The second kappa shape index (κ2) is 10.6. The van der Waals surface area contributed by atoms with Crippen molar-refractivity contribution in [1.29, 1.82) is 5.26 Å². The molecule has 1 heterocycles. The summed E-state index contributed by atoms with van der Waals surface area (Å²) in [7, 11) is -0.996. The topological polar surface area (TPSA) is 129 Å². The molecule has 1 saturated heterocycles. The zero-order valence-electron chi connectivity index (χ0n) is 19.1. The van der Waals surface area contributed by atoms with Gasteiger partial charge >= 0.3 is 5.97 Å². The molecule has 0 spiro atoms. The average Bonchev–Trinajstić information content (AvgIpc) is 2.84. The normalized spacial score (nSPS) is 14.9. The van der Waals surface area contributed by atoms with Gasteiger partial charge in [-0.2, -0.15) is 5.26 Å². The highest BCUT2D eigenvalue weighted by Crippen LogP contribution is 2.27. The van der Waals surface area contributed by atoms with Crippen LogP contribution in [-0.4, -0.2) is 71.1 Å². The molecule has 1 N–H and O–H groups in total. The highest BCUT2D eigenvalue weighted by atomic mass is 32.2. The molecule has 3 rings (SSSR count). The first-order chi connectivity index (χ1) is 16.1. The molecule has 1 atom stereocenters. The van der Waals surface area contributed by atoms with Gasteiger partial charge in [-0.3, -0.25) is 4.79 Å². The number of anilines is 2. The molecule has 1 aliphatic rings. The minimum Gasteiger partial charge on any atom is -0.449 e. The molecule has 0 unspecified atom stereocenters. The van der Waals surface area contributed by atoms with Crippen LogP contribution in [-0.2, 0) is 24.3 Å². The summed E-state index contributed by atoms with van der Waals surface area (Å²) in [6.45, 7) is 3.38. The monoisotopic (exact) mass is 486 g/mol. The maximum absolute atomic E-state index is 13.1. The Kier molecular flexibility index (Phi) is 7.88. The van der Waals surface area contributed by atoms with Crippen molar-refractivity contribution in [3.8, 4) is 6.07 Å². The van der Waals surface area contributed by atoms with E-state index >= 15 is 0 Å². The summed E-state index contributed by atoms with van der Waals surface area (Å²) < 4.78 is 37.1. The number of sulfonamides is 1. The summed E-state index contributed by atoms with van der Waals surface area (Å²) in [5.41, 5.74) is 1.30. The van der Waals surface area contributed by atoms with Crippen LogP contribution < -0.4 is 10.2 Å². The number of carbonyl (C=O) groups is 2. The summed E-state index contributed by atoms with van der Waals surface area (Å²) in [5.74, 6) is -1.42. The number of ether oxygens (including phenoxy) is 2. The number of amides is 1. The van der Waals surface area contributed by atoms with Crippen LogP contribution in [0.3, 0.4) is 0 Å². The molecular formula is C23H26N4O6S. The summed E-state index contributed by atoms with van der Waals surface area (Å²) >= 11 is 0. The zero-order chi connectivity index (χ0) is 24.9. The van der Waals surface area contributed by atoms with Crippen LogP contribution in [0.2, 0.25) is 0 Å². The first kappa shape index (κ1) is 25.2. The molecule has 180 valence electrons. The van der Waals surface area contributed by atoms with E-state index in [2.05, 4.69) is 5.32 Å². The molecule has 10 nitrogen and oxygen atoms in total. The molecule has 1 aliphatic heterocycles. The quantitative estimate of drug-likeness (QED) is 0.587. The van der Waals surface area contributed by atoms with Crippen LogP contribution in [0.25, 0.3) is 0 Å². The molecule has 2 aromatic carbocycles. The van der Waals surface area contributed by atoms with E-state index in [9.17, 15) is 18.0 Å². The van der Waals surface area contributed by atoms with Gasteiger partial charge in [-0.25, -0.2) is 17.5 Å². The van der Waals surface area contributed by atoms with E-state index in [1.165, 1.54) is 39.2 Å². The van der Waals surface area contributed by atoms with E-state index in [1.807, 2.05) is 11.0 Å². The first-order valence-electron chi connectivity index (χ1n) is 10.5. The number of rotatable bonds is 7. The summed E-state index contributed by atoms with van der Waals surface area (Å²) in [6, 6.07) is 12.6. The number of esters is 1. The Hall–Kier alpha value is -3.46. The van der Waals surface area contributed by atoms with E-state index in [1.54, 1.807) is 24.3 Å².